The van der Waals surface area contributed by atoms with Gasteiger partial charge in [0, 0.05) is 14.1 Å². The van der Waals surface area contributed by atoms with Crippen LogP contribution in [0.5, 0.6) is 5.75 Å². The number of H-pyrrole nitrogens is 1. The van der Waals surface area contributed by atoms with Crippen LogP contribution >= 0.6 is 24.0 Å². The van der Waals surface area contributed by atoms with Crippen LogP contribution in [-0.2, 0) is 16.2 Å². The van der Waals surface area contributed by atoms with Gasteiger partial charge in [0.05, 0.1) is 4.91 Å². The van der Waals surface area contributed by atoms with Crippen LogP contribution in [0.4, 0.5) is 4.39 Å². The van der Waals surface area contributed by atoms with Gasteiger partial charge in [-0.05, 0) is 36.3 Å². The summed E-state index contributed by atoms with van der Waals surface area (Å²) in [4.78, 5) is 31.4. The summed E-state index contributed by atoms with van der Waals surface area (Å²) in [5.74, 6) is -0.600. The predicted octanol–water partition coefficient (Wildman–Crippen LogP) is 2.12. The molecular weight excluding hydrogens is 417 g/mol. The third-order valence-corrected chi connectivity index (χ3v) is 5.41. The molecule has 8 nitrogen and oxygen atoms in total. The second-order valence-electron chi connectivity index (χ2n) is 6.43. The summed E-state index contributed by atoms with van der Waals surface area (Å²) in [5, 5.41) is 6.34. The summed E-state index contributed by atoms with van der Waals surface area (Å²) < 4.78 is 20.3. The Morgan fingerprint density at radius 1 is 1.45 bits per heavy atom. The number of carbonyl (C=O) groups excluding carboxylic acids is 2. The van der Waals surface area contributed by atoms with E-state index in [2.05, 4.69) is 15.2 Å². The van der Waals surface area contributed by atoms with Crippen molar-refractivity contribution in [3.8, 4) is 5.75 Å². The first kappa shape index (κ1) is 20.9. The van der Waals surface area contributed by atoms with Gasteiger partial charge in [-0.3, -0.25) is 19.6 Å². The number of nitrogens with zero attached hydrogens (tertiary/aromatic N) is 4. The van der Waals surface area contributed by atoms with E-state index in [1.165, 1.54) is 22.2 Å². The molecule has 0 atom stereocenters. The van der Waals surface area contributed by atoms with E-state index in [0.29, 0.717) is 26.2 Å². The summed E-state index contributed by atoms with van der Waals surface area (Å²) in [6.07, 6.45) is 2.89. The molecule has 1 aliphatic rings. The van der Waals surface area contributed by atoms with Crippen molar-refractivity contribution >= 4 is 46.2 Å². The number of benzene rings is 1. The van der Waals surface area contributed by atoms with Crippen molar-refractivity contribution in [2.45, 2.75) is 13.5 Å². The number of thioether (sulfide) groups is 1. The Morgan fingerprint density at radius 3 is 2.83 bits per heavy atom. The minimum Gasteiger partial charge on any atom is -0.482 e. The fourth-order valence-corrected chi connectivity index (χ4v) is 3.78. The molecule has 152 valence electrons. The smallest absolute Gasteiger partial charge is 0.266 e. The highest BCUT2D eigenvalue weighted by atomic mass is 32.2. The highest BCUT2D eigenvalue weighted by Gasteiger charge is 2.33. The number of thiocarbonyl (C=S) groups is 1. The lowest BCUT2D eigenvalue weighted by molar-refractivity contribution is -0.133. The number of aromatic amines is 1. The van der Waals surface area contributed by atoms with Gasteiger partial charge >= 0.3 is 0 Å². The molecule has 1 N–H and O–H groups in total. The molecule has 1 aromatic heterocycles. The Hall–Kier alpha value is -2.79. The second kappa shape index (κ2) is 8.70. The Balaban J connectivity index is 1.77. The van der Waals surface area contributed by atoms with Crippen LogP contribution in [0, 0.1) is 12.7 Å². The number of aromatic nitrogens is 3. The van der Waals surface area contributed by atoms with E-state index in [0.717, 1.165) is 11.8 Å². The number of nitrogens with one attached hydrogen (secondary N) is 1. The third kappa shape index (κ3) is 4.80. The van der Waals surface area contributed by atoms with Crippen molar-refractivity contribution in [1.82, 2.24) is 25.0 Å². The number of halogens is 1. The average Bonchev–Trinajstić information content (AvgIpc) is 3.25. The molecule has 0 spiro atoms. The lowest BCUT2D eigenvalue weighted by atomic mass is 10.1. The van der Waals surface area contributed by atoms with Gasteiger partial charge in [-0.1, -0.05) is 24.0 Å². The Bertz CT molecular complexity index is 968. The monoisotopic (exact) mass is 435 g/mol. The molecule has 0 radical (unpaired) electrons. The fourth-order valence-electron chi connectivity index (χ4n) is 2.53. The van der Waals surface area contributed by atoms with Crippen LogP contribution < -0.4 is 4.74 Å². The number of ether oxygens (including phenoxy) is 1. The molecule has 0 bridgehead atoms. The number of hydrogen-bond donors (Lipinski definition) is 1. The van der Waals surface area contributed by atoms with Crippen molar-refractivity contribution in [2.24, 2.45) is 0 Å². The van der Waals surface area contributed by atoms with Crippen molar-refractivity contribution in [3.63, 3.8) is 0 Å². The molecule has 3 rings (SSSR count). The molecule has 2 aromatic rings. The fraction of sp³-hybridized carbons (Fsp3) is 0.278. The molecule has 2 amide bonds. The standard InChI is InChI=1S/C18H18FN5O3S2/c1-10-4-11(5-12(19)16(10)27-8-14-20-9-21-22-14)6-13-17(26)24(18(28)29-13)7-15(25)23(2)3/h4-6,9H,7-8H2,1-3H3,(H,20,21,22)/b13-6-. The first-order chi connectivity index (χ1) is 13.8. The lowest BCUT2D eigenvalue weighted by Gasteiger charge is -2.17. The van der Waals surface area contributed by atoms with Crippen molar-refractivity contribution in [1.29, 1.82) is 0 Å². The van der Waals surface area contributed by atoms with Crippen LogP contribution in [0.3, 0.4) is 0 Å². The number of amides is 2. The first-order valence-corrected chi connectivity index (χ1v) is 9.71. The highest BCUT2D eigenvalue weighted by Crippen LogP contribution is 2.33. The van der Waals surface area contributed by atoms with Crippen LogP contribution in [0.2, 0.25) is 0 Å². The molecule has 1 aliphatic heterocycles. The summed E-state index contributed by atoms with van der Waals surface area (Å²) in [6, 6.07) is 2.98. The average molecular weight is 436 g/mol. The molecule has 29 heavy (non-hydrogen) atoms. The van der Waals surface area contributed by atoms with Gasteiger partial charge < -0.3 is 9.64 Å². The quantitative estimate of drug-likeness (QED) is 0.549. The summed E-state index contributed by atoms with van der Waals surface area (Å²) in [5.41, 5.74) is 1.06. The molecule has 11 heteroatoms. The van der Waals surface area contributed by atoms with Crippen molar-refractivity contribution in [3.05, 3.63) is 46.1 Å². The Kier molecular flexibility index (Phi) is 6.28. The topological polar surface area (TPSA) is 91.4 Å². The van der Waals surface area contributed by atoms with E-state index in [-0.39, 0.29) is 30.7 Å². The van der Waals surface area contributed by atoms with Crippen molar-refractivity contribution in [2.75, 3.05) is 20.6 Å². The minimum atomic E-state index is -0.561. The van der Waals surface area contributed by atoms with Gasteiger partial charge in [0.1, 0.15) is 23.8 Å². The summed E-state index contributed by atoms with van der Waals surface area (Å²) in [6.45, 7) is 1.63. The maximum Gasteiger partial charge on any atom is 0.266 e. The van der Waals surface area contributed by atoms with Gasteiger partial charge in [0.15, 0.2) is 17.4 Å². The number of aryl methyl sites for hydroxylation is 1. The summed E-state index contributed by atoms with van der Waals surface area (Å²) >= 11 is 6.29. The largest absolute Gasteiger partial charge is 0.482 e. The number of likely N-dealkylation sites (N-methyl/N-ethyl adjacent to an activating group) is 1. The maximum atomic E-state index is 14.5. The SMILES string of the molecule is Cc1cc(/C=C2\SC(=S)N(CC(=O)N(C)C)C2=O)cc(F)c1OCc1ncn[nH]1. The van der Waals surface area contributed by atoms with Crippen LogP contribution in [0.1, 0.15) is 17.0 Å². The number of hydrogen-bond acceptors (Lipinski definition) is 7. The van der Waals surface area contributed by atoms with Crippen LogP contribution in [-0.4, -0.2) is 61.8 Å². The molecule has 2 heterocycles. The molecule has 1 aromatic carbocycles. The zero-order chi connectivity index (χ0) is 21.1. The van der Waals surface area contributed by atoms with E-state index in [4.69, 9.17) is 17.0 Å². The van der Waals surface area contributed by atoms with Crippen LogP contribution in [0.15, 0.2) is 23.4 Å². The third-order valence-electron chi connectivity index (χ3n) is 4.03. The van der Waals surface area contributed by atoms with E-state index < -0.39 is 5.82 Å². The van der Waals surface area contributed by atoms with E-state index >= 15 is 0 Å². The van der Waals surface area contributed by atoms with Gasteiger partial charge in [0.2, 0.25) is 5.91 Å². The van der Waals surface area contributed by atoms with Gasteiger partial charge in [-0.25, -0.2) is 9.37 Å². The molecule has 1 fully saturated rings. The van der Waals surface area contributed by atoms with E-state index in [1.54, 1.807) is 33.2 Å². The van der Waals surface area contributed by atoms with Crippen LogP contribution in [0.25, 0.3) is 6.08 Å². The molecule has 0 unspecified atom stereocenters. The molecule has 0 saturated carbocycles. The number of rotatable bonds is 6. The molecule has 0 aliphatic carbocycles. The maximum absolute atomic E-state index is 14.5. The van der Waals surface area contributed by atoms with E-state index in [1.807, 2.05) is 0 Å². The van der Waals surface area contributed by atoms with Gasteiger partial charge in [-0.2, -0.15) is 5.10 Å². The van der Waals surface area contributed by atoms with E-state index in [9.17, 15) is 14.0 Å². The minimum absolute atomic E-state index is 0.0513. The normalized spacial score (nSPS) is 15.3. The summed E-state index contributed by atoms with van der Waals surface area (Å²) in [7, 11) is 3.21. The first-order valence-electron chi connectivity index (χ1n) is 8.49. The zero-order valence-electron chi connectivity index (χ0n) is 15.9. The number of carbonyl (C=O) groups is 2. The highest BCUT2D eigenvalue weighted by molar-refractivity contribution is 8.26. The lowest BCUT2D eigenvalue weighted by Crippen LogP contribution is -2.38. The predicted molar refractivity (Wildman–Crippen MR) is 110 cm³/mol. The van der Waals surface area contributed by atoms with Gasteiger partial charge in [0.25, 0.3) is 5.91 Å². The molecule has 1 saturated heterocycles. The van der Waals surface area contributed by atoms with Gasteiger partial charge in [-0.15, -0.1) is 0 Å². The Morgan fingerprint density at radius 2 is 2.21 bits per heavy atom. The molecular formula is C18H18FN5O3S2. The Labute approximate surface area is 176 Å². The van der Waals surface area contributed by atoms with Crippen molar-refractivity contribution < 1.29 is 18.7 Å². The second-order valence-corrected chi connectivity index (χ2v) is 8.10. The zero-order valence-corrected chi connectivity index (χ0v) is 17.6.